The Kier molecular flexibility index (Phi) is 9.09. The van der Waals surface area contributed by atoms with Gasteiger partial charge in [0.1, 0.15) is 23.7 Å². The van der Waals surface area contributed by atoms with Gasteiger partial charge in [0.15, 0.2) is 5.11 Å². The third kappa shape index (κ3) is 6.12. The first kappa shape index (κ1) is 29.2. The van der Waals surface area contributed by atoms with E-state index in [1.54, 1.807) is 36.4 Å². The molecule has 0 spiro atoms. The lowest BCUT2D eigenvalue weighted by atomic mass is 10.1. The number of benzene rings is 3. The van der Waals surface area contributed by atoms with Crippen LogP contribution in [0.5, 0.6) is 11.5 Å². The van der Waals surface area contributed by atoms with Gasteiger partial charge in [-0.15, -0.1) is 0 Å². The highest BCUT2D eigenvalue weighted by atomic mass is 35.5. The van der Waals surface area contributed by atoms with Crippen molar-refractivity contribution in [3.05, 3.63) is 95.3 Å². The number of anilines is 1. The fourth-order valence-electron chi connectivity index (χ4n) is 4.81. The Morgan fingerprint density at radius 1 is 1.00 bits per heavy atom. The Hall–Kier alpha value is -4.34. The SMILES string of the molecule is CCOc1ccc(N2C(=O)/C(=C/c3cn(CCCOc4ccccc4Cl)c4ccccc34)N(CC(=O)OC)C2=S)cc1. The Morgan fingerprint density at radius 2 is 1.74 bits per heavy atom. The molecule has 8 nitrogen and oxygen atoms in total. The van der Waals surface area contributed by atoms with Crippen LogP contribution in [0.2, 0.25) is 5.02 Å². The van der Waals surface area contributed by atoms with Gasteiger partial charge < -0.3 is 23.7 Å². The Morgan fingerprint density at radius 3 is 2.48 bits per heavy atom. The largest absolute Gasteiger partial charge is 0.494 e. The zero-order chi connectivity index (χ0) is 29.6. The summed E-state index contributed by atoms with van der Waals surface area (Å²) in [6.45, 7) is 3.41. The van der Waals surface area contributed by atoms with Crippen molar-refractivity contribution in [2.45, 2.75) is 19.9 Å². The maximum Gasteiger partial charge on any atom is 0.325 e. The highest BCUT2D eigenvalue weighted by Crippen LogP contribution is 2.32. The summed E-state index contributed by atoms with van der Waals surface area (Å²) in [4.78, 5) is 29.1. The lowest BCUT2D eigenvalue weighted by Crippen LogP contribution is -2.35. The summed E-state index contributed by atoms with van der Waals surface area (Å²) in [7, 11) is 1.31. The smallest absolute Gasteiger partial charge is 0.325 e. The van der Waals surface area contributed by atoms with Crippen molar-refractivity contribution in [3.8, 4) is 11.5 Å². The maximum atomic E-state index is 13.8. The molecule has 1 aromatic heterocycles. The Labute approximate surface area is 254 Å². The molecular weight excluding hydrogens is 574 g/mol. The number of carbonyl (C=O) groups is 2. The molecule has 1 fully saturated rings. The van der Waals surface area contributed by atoms with Gasteiger partial charge in [0.05, 0.1) is 31.0 Å². The van der Waals surface area contributed by atoms with Crippen LogP contribution in [0.25, 0.3) is 17.0 Å². The molecule has 4 aromatic rings. The second-order valence-electron chi connectivity index (χ2n) is 9.47. The van der Waals surface area contributed by atoms with Crippen molar-refractivity contribution in [1.82, 2.24) is 9.47 Å². The van der Waals surface area contributed by atoms with E-state index < -0.39 is 5.97 Å². The van der Waals surface area contributed by atoms with Gasteiger partial charge in [0.25, 0.3) is 5.91 Å². The Balaban J connectivity index is 1.44. The first-order valence-corrected chi connectivity index (χ1v) is 14.3. The molecule has 0 N–H and O–H groups in total. The fourth-order valence-corrected chi connectivity index (χ4v) is 5.36. The number of hydrogen-bond donors (Lipinski definition) is 0. The monoisotopic (exact) mass is 603 g/mol. The van der Waals surface area contributed by atoms with Gasteiger partial charge in [-0.25, -0.2) is 0 Å². The number of carbonyl (C=O) groups excluding carboxylic acids is 2. The number of methoxy groups -OCH3 is 1. The van der Waals surface area contributed by atoms with E-state index in [-0.39, 0.29) is 23.3 Å². The molecular formula is C32H30ClN3O5S. The van der Waals surface area contributed by atoms with Crippen molar-refractivity contribution < 1.29 is 23.8 Å². The number of aryl methyl sites for hydroxylation is 1. The topological polar surface area (TPSA) is 73.2 Å². The molecule has 2 heterocycles. The minimum Gasteiger partial charge on any atom is -0.494 e. The van der Waals surface area contributed by atoms with Crippen LogP contribution in [0.3, 0.4) is 0 Å². The number of halogens is 1. The number of hydrogen-bond acceptors (Lipinski definition) is 6. The molecule has 0 radical (unpaired) electrons. The number of amides is 1. The summed E-state index contributed by atoms with van der Waals surface area (Å²) in [6, 6.07) is 22.5. The number of ether oxygens (including phenoxy) is 3. The molecule has 10 heteroatoms. The molecule has 0 unspecified atom stereocenters. The second kappa shape index (κ2) is 13.1. The van der Waals surface area contributed by atoms with Gasteiger partial charge in [-0.2, -0.15) is 0 Å². The summed E-state index contributed by atoms with van der Waals surface area (Å²) >= 11 is 11.9. The molecule has 3 aromatic carbocycles. The molecule has 0 saturated carbocycles. The number of nitrogens with zero attached hydrogens (tertiary/aromatic N) is 3. The molecule has 0 aliphatic carbocycles. The summed E-state index contributed by atoms with van der Waals surface area (Å²) < 4.78 is 18.4. The summed E-state index contributed by atoms with van der Waals surface area (Å²) in [5.41, 5.74) is 2.70. The zero-order valence-corrected chi connectivity index (χ0v) is 24.9. The lowest BCUT2D eigenvalue weighted by molar-refractivity contribution is -0.140. The van der Waals surface area contributed by atoms with E-state index in [2.05, 4.69) is 4.57 Å². The molecule has 1 saturated heterocycles. The third-order valence-electron chi connectivity index (χ3n) is 6.81. The van der Waals surface area contributed by atoms with E-state index in [0.29, 0.717) is 42.0 Å². The molecule has 0 bridgehead atoms. The molecule has 216 valence electrons. The van der Waals surface area contributed by atoms with Gasteiger partial charge in [-0.3, -0.25) is 14.5 Å². The number of fused-ring (bicyclic) bond motifs is 1. The highest BCUT2D eigenvalue weighted by molar-refractivity contribution is 7.80. The van der Waals surface area contributed by atoms with Gasteiger partial charge in [-0.1, -0.05) is 41.9 Å². The number of rotatable bonds is 11. The third-order valence-corrected chi connectivity index (χ3v) is 7.52. The minimum atomic E-state index is -0.509. The zero-order valence-electron chi connectivity index (χ0n) is 23.3. The fraction of sp³-hybridized carbons (Fsp3) is 0.219. The summed E-state index contributed by atoms with van der Waals surface area (Å²) in [5.74, 6) is 0.495. The number of esters is 1. The highest BCUT2D eigenvalue weighted by Gasteiger charge is 2.40. The van der Waals surface area contributed by atoms with E-state index >= 15 is 0 Å². The quantitative estimate of drug-likeness (QED) is 0.0861. The average molecular weight is 604 g/mol. The Bertz CT molecular complexity index is 1650. The predicted molar refractivity (Wildman–Crippen MR) is 168 cm³/mol. The first-order valence-electron chi connectivity index (χ1n) is 13.5. The van der Waals surface area contributed by atoms with Crippen LogP contribution in [0.1, 0.15) is 18.9 Å². The van der Waals surface area contributed by atoms with Crippen LogP contribution in [-0.4, -0.2) is 53.3 Å². The van der Waals surface area contributed by atoms with Crippen LogP contribution >= 0.6 is 23.8 Å². The molecule has 1 aliphatic rings. The van der Waals surface area contributed by atoms with E-state index in [0.717, 1.165) is 22.9 Å². The second-order valence-corrected chi connectivity index (χ2v) is 10.2. The summed E-state index contributed by atoms with van der Waals surface area (Å²) in [6.07, 6.45) is 4.52. The molecule has 1 aliphatic heterocycles. The van der Waals surface area contributed by atoms with Crippen LogP contribution in [-0.2, 0) is 20.9 Å². The molecule has 42 heavy (non-hydrogen) atoms. The maximum absolute atomic E-state index is 13.8. The molecule has 1 amide bonds. The number of thiocarbonyl (C=S) groups is 1. The number of aromatic nitrogens is 1. The van der Waals surface area contributed by atoms with Crippen LogP contribution in [0.15, 0.2) is 84.7 Å². The van der Waals surface area contributed by atoms with Gasteiger partial charge >= 0.3 is 5.97 Å². The van der Waals surface area contributed by atoms with Crippen molar-refractivity contribution in [3.63, 3.8) is 0 Å². The van der Waals surface area contributed by atoms with Crippen LogP contribution in [0.4, 0.5) is 5.69 Å². The van der Waals surface area contributed by atoms with Gasteiger partial charge in [0, 0.05) is 29.2 Å². The van der Waals surface area contributed by atoms with Crippen molar-refractivity contribution >= 4 is 63.5 Å². The van der Waals surface area contributed by atoms with Crippen molar-refractivity contribution in [1.29, 1.82) is 0 Å². The van der Waals surface area contributed by atoms with E-state index in [9.17, 15) is 9.59 Å². The average Bonchev–Trinajstić information content (AvgIpc) is 3.46. The summed E-state index contributed by atoms with van der Waals surface area (Å²) in [5, 5.41) is 1.74. The minimum absolute atomic E-state index is 0.196. The standard InChI is InChI=1S/C32H30ClN3O5S/c1-3-40-24-15-13-23(14-16-24)36-31(38)28(35(32(36)42)21-30(37)39-2)19-22-20-34(27-11-6-4-9-25(22)27)17-8-18-41-29-12-7-5-10-26(29)33/h4-7,9-16,19-20H,3,8,17-18,21H2,1-2H3/b28-19-. The van der Waals surface area contributed by atoms with Gasteiger partial charge in [0.2, 0.25) is 0 Å². The normalized spacial score (nSPS) is 14.2. The molecule has 0 atom stereocenters. The van der Waals surface area contributed by atoms with Crippen molar-refractivity contribution in [2.24, 2.45) is 0 Å². The van der Waals surface area contributed by atoms with Crippen LogP contribution in [0, 0.1) is 0 Å². The van der Waals surface area contributed by atoms with E-state index in [1.807, 2.05) is 55.6 Å². The number of para-hydroxylation sites is 2. The predicted octanol–water partition coefficient (Wildman–Crippen LogP) is 6.31. The molecule has 5 rings (SSSR count). The van der Waals surface area contributed by atoms with E-state index in [1.165, 1.54) is 16.9 Å². The lowest BCUT2D eigenvalue weighted by Gasteiger charge is -2.19. The van der Waals surface area contributed by atoms with Crippen LogP contribution < -0.4 is 14.4 Å². The van der Waals surface area contributed by atoms with E-state index in [4.69, 9.17) is 38.0 Å². The first-order chi connectivity index (χ1) is 20.4. The van der Waals surface area contributed by atoms with Crippen molar-refractivity contribution in [2.75, 3.05) is 31.8 Å². The van der Waals surface area contributed by atoms with Gasteiger partial charge in [-0.05, 0) is 74.1 Å².